The van der Waals surface area contributed by atoms with Crippen molar-refractivity contribution in [1.29, 1.82) is 0 Å². The molecule has 0 heterocycles. The van der Waals surface area contributed by atoms with E-state index in [4.69, 9.17) is 10.5 Å². The van der Waals surface area contributed by atoms with Gasteiger partial charge in [-0.2, -0.15) is 0 Å². The summed E-state index contributed by atoms with van der Waals surface area (Å²) in [5, 5.41) is 0. The second-order valence-electron chi connectivity index (χ2n) is 4.04. The molecule has 1 fully saturated rings. The van der Waals surface area contributed by atoms with E-state index in [0.29, 0.717) is 24.5 Å². The van der Waals surface area contributed by atoms with Crippen LogP contribution in [-0.4, -0.2) is 13.2 Å². The van der Waals surface area contributed by atoms with Crippen LogP contribution >= 0.6 is 0 Å². The molecule has 2 unspecified atom stereocenters. The van der Waals surface area contributed by atoms with Crippen LogP contribution in [0, 0.1) is 17.6 Å². The van der Waals surface area contributed by atoms with Crippen LogP contribution in [0.15, 0.2) is 12.1 Å². The van der Waals surface area contributed by atoms with Crippen LogP contribution < -0.4 is 10.5 Å². The molecule has 0 aliphatic heterocycles. The van der Waals surface area contributed by atoms with E-state index in [-0.39, 0.29) is 11.8 Å². The summed E-state index contributed by atoms with van der Waals surface area (Å²) < 4.78 is 32.2. The first kappa shape index (κ1) is 11.3. The van der Waals surface area contributed by atoms with E-state index in [2.05, 4.69) is 0 Å². The summed E-state index contributed by atoms with van der Waals surface area (Å²) in [6.07, 6.45) is 0.816. The Labute approximate surface area is 93.4 Å². The van der Waals surface area contributed by atoms with Gasteiger partial charge in [0.25, 0.3) is 0 Å². The molecule has 2 rings (SSSR count). The van der Waals surface area contributed by atoms with Crippen LogP contribution in [-0.2, 0) is 0 Å². The van der Waals surface area contributed by atoms with Gasteiger partial charge in [-0.05, 0) is 43.9 Å². The van der Waals surface area contributed by atoms with Gasteiger partial charge in [0, 0.05) is 5.56 Å². The highest BCUT2D eigenvalue weighted by molar-refractivity contribution is 5.41. The summed E-state index contributed by atoms with van der Waals surface area (Å²) in [5.41, 5.74) is 5.88. The van der Waals surface area contributed by atoms with Crippen molar-refractivity contribution in [3.63, 3.8) is 0 Å². The van der Waals surface area contributed by atoms with Gasteiger partial charge in [-0.15, -0.1) is 0 Å². The normalized spacial score (nSPS) is 23.2. The molecule has 1 aliphatic carbocycles. The molecular weight excluding hydrogens is 212 g/mol. The molecule has 0 saturated heterocycles. The molecule has 0 amide bonds. The molecule has 1 aromatic rings. The lowest BCUT2D eigenvalue weighted by Crippen LogP contribution is -2.05. The number of hydrogen-bond acceptors (Lipinski definition) is 2. The number of hydrogen-bond donors (Lipinski definition) is 1. The van der Waals surface area contributed by atoms with Crippen molar-refractivity contribution in [3.8, 4) is 5.75 Å². The number of ether oxygens (including phenoxy) is 1. The first-order chi connectivity index (χ1) is 7.69. The highest BCUT2D eigenvalue weighted by Gasteiger charge is 2.41. The van der Waals surface area contributed by atoms with E-state index >= 15 is 0 Å². The standard InChI is InChI=1S/C12H15F2NO/c1-2-16-10-4-3-9(13)12(14)11(10)8-5-7(8)6-15/h3-4,7-8H,2,5-6,15H2,1H3. The van der Waals surface area contributed by atoms with Gasteiger partial charge in [0.15, 0.2) is 11.6 Å². The molecule has 4 heteroatoms. The van der Waals surface area contributed by atoms with E-state index in [0.717, 1.165) is 12.5 Å². The predicted octanol–water partition coefficient (Wildman–Crippen LogP) is 2.43. The average molecular weight is 227 g/mol. The monoisotopic (exact) mass is 227 g/mol. The molecular formula is C12H15F2NO. The summed E-state index contributed by atoms with van der Waals surface area (Å²) in [4.78, 5) is 0. The van der Waals surface area contributed by atoms with Crippen molar-refractivity contribution < 1.29 is 13.5 Å². The zero-order valence-electron chi connectivity index (χ0n) is 9.17. The van der Waals surface area contributed by atoms with Gasteiger partial charge in [0.1, 0.15) is 5.75 Å². The molecule has 2 atom stereocenters. The lowest BCUT2D eigenvalue weighted by Gasteiger charge is -2.11. The lowest BCUT2D eigenvalue weighted by molar-refractivity contribution is 0.331. The van der Waals surface area contributed by atoms with E-state index in [1.54, 1.807) is 0 Å². The van der Waals surface area contributed by atoms with Crippen LogP contribution in [0.25, 0.3) is 0 Å². The highest BCUT2D eigenvalue weighted by Crippen LogP contribution is 2.50. The number of nitrogens with two attached hydrogens (primary N) is 1. The lowest BCUT2D eigenvalue weighted by atomic mass is 10.1. The summed E-state index contributed by atoms with van der Waals surface area (Å²) in [6.45, 7) is 2.77. The molecule has 2 N–H and O–H groups in total. The molecule has 88 valence electrons. The zero-order valence-corrected chi connectivity index (χ0v) is 9.17. The molecule has 2 nitrogen and oxygen atoms in total. The fourth-order valence-corrected chi connectivity index (χ4v) is 2.04. The third-order valence-corrected chi connectivity index (χ3v) is 2.99. The molecule has 16 heavy (non-hydrogen) atoms. The molecule has 1 aromatic carbocycles. The maximum absolute atomic E-state index is 13.7. The van der Waals surface area contributed by atoms with Crippen LogP contribution in [0.4, 0.5) is 8.78 Å². The second-order valence-corrected chi connectivity index (χ2v) is 4.04. The van der Waals surface area contributed by atoms with E-state index in [1.165, 1.54) is 6.07 Å². The van der Waals surface area contributed by atoms with E-state index in [9.17, 15) is 8.78 Å². The Morgan fingerprint density at radius 3 is 2.75 bits per heavy atom. The van der Waals surface area contributed by atoms with Crippen molar-refractivity contribution in [2.75, 3.05) is 13.2 Å². The molecule has 0 radical (unpaired) electrons. The minimum absolute atomic E-state index is 0.0160. The smallest absolute Gasteiger partial charge is 0.165 e. The van der Waals surface area contributed by atoms with Gasteiger partial charge in [-0.25, -0.2) is 8.78 Å². The van der Waals surface area contributed by atoms with Crippen LogP contribution in [0.5, 0.6) is 5.75 Å². The van der Waals surface area contributed by atoms with Gasteiger partial charge in [0.05, 0.1) is 6.61 Å². The van der Waals surface area contributed by atoms with Crippen LogP contribution in [0.3, 0.4) is 0 Å². The summed E-state index contributed by atoms with van der Waals surface area (Å²) in [6, 6.07) is 2.59. The van der Waals surface area contributed by atoms with Crippen LogP contribution in [0.2, 0.25) is 0 Å². The van der Waals surface area contributed by atoms with E-state index in [1.807, 2.05) is 6.92 Å². The third-order valence-electron chi connectivity index (χ3n) is 2.99. The maximum Gasteiger partial charge on any atom is 0.165 e. The van der Waals surface area contributed by atoms with Gasteiger partial charge in [-0.1, -0.05) is 0 Å². The summed E-state index contributed by atoms with van der Waals surface area (Å²) in [7, 11) is 0. The summed E-state index contributed by atoms with van der Waals surface area (Å²) >= 11 is 0. The Kier molecular flexibility index (Phi) is 3.10. The Hall–Kier alpha value is -1.16. The van der Waals surface area contributed by atoms with Gasteiger partial charge in [-0.3, -0.25) is 0 Å². The van der Waals surface area contributed by atoms with Crippen molar-refractivity contribution >= 4 is 0 Å². The topological polar surface area (TPSA) is 35.2 Å². The van der Waals surface area contributed by atoms with Gasteiger partial charge >= 0.3 is 0 Å². The zero-order chi connectivity index (χ0) is 11.7. The maximum atomic E-state index is 13.7. The first-order valence-electron chi connectivity index (χ1n) is 5.49. The molecule has 0 aromatic heterocycles. The fourth-order valence-electron chi connectivity index (χ4n) is 2.04. The SMILES string of the molecule is CCOc1ccc(F)c(F)c1C1CC1CN. The molecule has 0 bridgehead atoms. The van der Waals surface area contributed by atoms with Crippen LogP contribution in [0.1, 0.15) is 24.8 Å². The first-order valence-corrected chi connectivity index (χ1v) is 5.49. The van der Waals surface area contributed by atoms with Crippen molar-refractivity contribution in [2.45, 2.75) is 19.3 Å². The molecule has 0 spiro atoms. The Balaban J connectivity index is 2.36. The quantitative estimate of drug-likeness (QED) is 0.857. The Bertz CT molecular complexity index is 395. The number of halogens is 2. The number of benzene rings is 1. The predicted molar refractivity (Wildman–Crippen MR) is 57.4 cm³/mol. The minimum Gasteiger partial charge on any atom is -0.493 e. The number of rotatable bonds is 4. The average Bonchev–Trinajstić information content (AvgIpc) is 3.03. The highest BCUT2D eigenvalue weighted by atomic mass is 19.2. The summed E-state index contributed by atoms with van der Waals surface area (Å²) in [5.74, 6) is -0.881. The second kappa shape index (κ2) is 4.37. The Morgan fingerprint density at radius 2 is 2.19 bits per heavy atom. The Morgan fingerprint density at radius 1 is 1.44 bits per heavy atom. The molecule has 1 saturated carbocycles. The third kappa shape index (κ3) is 1.89. The fraction of sp³-hybridized carbons (Fsp3) is 0.500. The molecule has 1 aliphatic rings. The van der Waals surface area contributed by atoms with Crippen molar-refractivity contribution in [2.24, 2.45) is 11.7 Å². The minimum atomic E-state index is -0.818. The van der Waals surface area contributed by atoms with Crippen molar-refractivity contribution in [1.82, 2.24) is 0 Å². The van der Waals surface area contributed by atoms with Gasteiger partial charge in [0.2, 0.25) is 0 Å². The largest absolute Gasteiger partial charge is 0.493 e. The van der Waals surface area contributed by atoms with Gasteiger partial charge < -0.3 is 10.5 Å². The van der Waals surface area contributed by atoms with Crippen molar-refractivity contribution in [3.05, 3.63) is 29.3 Å². The van der Waals surface area contributed by atoms with E-state index < -0.39 is 11.6 Å².